The Kier molecular flexibility index (Phi) is 3.82. The summed E-state index contributed by atoms with van der Waals surface area (Å²) in [5, 5.41) is 6.66. The van der Waals surface area contributed by atoms with Crippen molar-refractivity contribution in [2.45, 2.75) is 26.4 Å². The van der Waals surface area contributed by atoms with Crippen molar-refractivity contribution in [3.8, 4) is 0 Å². The standard InChI is InChI=1S/C8H13F2N3/c1-2-13-6-7(4-12-13)3-11-5-8(9)10/h4,6,8,11H,2-3,5H2,1H3. The Morgan fingerprint density at radius 2 is 2.38 bits per heavy atom. The third-order valence-electron chi connectivity index (χ3n) is 1.64. The Labute approximate surface area is 75.7 Å². The summed E-state index contributed by atoms with van der Waals surface area (Å²) < 4.78 is 25.2. The van der Waals surface area contributed by atoms with E-state index < -0.39 is 6.43 Å². The first-order valence-electron chi connectivity index (χ1n) is 4.22. The Hall–Kier alpha value is -0.970. The van der Waals surface area contributed by atoms with E-state index in [1.165, 1.54) is 0 Å². The maximum absolute atomic E-state index is 11.7. The van der Waals surface area contributed by atoms with Gasteiger partial charge in [0.1, 0.15) is 0 Å². The first-order chi connectivity index (χ1) is 6.22. The maximum atomic E-state index is 11.7. The number of hydrogen-bond acceptors (Lipinski definition) is 2. The topological polar surface area (TPSA) is 29.9 Å². The average molecular weight is 189 g/mol. The molecule has 1 heterocycles. The SMILES string of the molecule is CCn1cc(CNCC(F)F)cn1. The van der Waals surface area contributed by atoms with Gasteiger partial charge in [-0.2, -0.15) is 5.10 Å². The van der Waals surface area contributed by atoms with Crippen LogP contribution in [0, 0.1) is 0 Å². The molecule has 74 valence electrons. The number of alkyl halides is 2. The van der Waals surface area contributed by atoms with Gasteiger partial charge in [0, 0.05) is 24.8 Å². The minimum atomic E-state index is -2.29. The van der Waals surface area contributed by atoms with Crippen molar-refractivity contribution < 1.29 is 8.78 Å². The average Bonchev–Trinajstić information content (AvgIpc) is 2.52. The highest BCUT2D eigenvalue weighted by molar-refractivity contribution is 5.02. The van der Waals surface area contributed by atoms with E-state index in [-0.39, 0.29) is 6.54 Å². The molecule has 0 radical (unpaired) electrons. The summed E-state index contributed by atoms with van der Waals surface area (Å²) in [6, 6.07) is 0. The number of nitrogens with one attached hydrogen (secondary N) is 1. The highest BCUT2D eigenvalue weighted by Crippen LogP contribution is 1.97. The second kappa shape index (κ2) is 4.91. The zero-order valence-electron chi connectivity index (χ0n) is 7.50. The molecule has 0 aliphatic heterocycles. The Balaban J connectivity index is 2.28. The van der Waals surface area contributed by atoms with Crippen LogP contribution in [0.3, 0.4) is 0 Å². The van der Waals surface area contributed by atoms with Gasteiger partial charge in [0.05, 0.1) is 12.7 Å². The van der Waals surface area contributed by atoms with Crippen LogP contribution in [0.4, 0.5) is 8.78 Å². The van der Waals surface area contributed by atoms with E-state index in [1.807, 2.05) is 13.1 Å². The molecule has 13 heavy (non-hydrogen) atoms. The molecule has 0 spiro atoms. The van der Waals surface area contributed by atoms with Crippen molar-refractivity contribution in [1.82, 2.24) is 15.1 Å². The summed E-state index contributed by atoms with van der Waals surface area (Å²) in [6.07, 6.45) is 1.24. The van der Waals surface area contributed by atoms with Crippen molar-refractivity contribution in [2.75, 3.05) is 6.54 Å². The second-order valence-corrected chi connectivity index (χ2v) is 2.73. The molecule has 0 saturated carbocycles. The van der Waals surface area contributed by atoms with Crippen molar-refractivity contribution >= 4 is 0 Å². The second-order valence-electron chi connectivity index (χ2n) is 2.73. The summed E-state index contributed by atoms with van der Waals surface area (Å²) in [6.45, 7) is 2.96. The minimum Gasteiger partial charge on any atom is -0.307 e. The lowest BCUT2D eigenvalue weighted by Gasteiger charge is -2.00. The van der Waals surface area contributed by atoms with Crippen molar-refractivity contribution in [2.24, 2.45) is 0 Å². The molecule has 0 bridgehead atoms. The van der Waals surface area contributed by atoms with Gasteiger partial charge in [-0.15, -0.1) is 0 Å². The number of aromatic nitrogens is 2. The lowest BCUT2D eigenvalue weighted by atomic mass is 10.3. The van der Waals surface area contributed by atoms with Crippen LogP contribution in [-0.4, -0.2) is 22.8 Å². The monoisotopic (exact) mass is 189 g/mol. The van der Waals surface area contributed by atoms with Gasteiger partial charge < -0.3 is 5.32 Å². The molecule has 1 rings (SSSR count). The third kappa shape index (κ3) is 3.50. The highest BCUT2D eigenvalue weighted by atomic mass is 19.3. The van der Waals surface area contributed by atoms with Gasteiger partial charge in [0.2, 0.25) is 0 Å². The zero-order valence-corrected chi connectivity index (χ0v) is 7.50. The molecule has 1 aromatic heterocycles. The molecule has 0 amide bonds. The number of rotatable bonds is 5. The van der Waals surface area contributed by atoms with Gasteiger partial charge >= 0.3 is 0 Å². The lowest BCUT2D eigenvalue weighted by Crippen LogP contribution is -2.20. The molecule has 0 atom stereocenters. The molecule has 0 aromatic carbocycles. The molecule has 5 heteroatoms. The Morgan fingerprint density at radius 1 is 1.62 bits per heavy atom. The van der Waals surface area contributed by atoms with Gasteiger partial charge in [-0.25, -0.2) is 8.78 Å². The normalized spacial score (nSPS) is 11.1. The molecule has 0 fully saturated rings. The van der Waals surface area contributed by atoms with Crippen LogP contribution in [0.1, 0.15) is 12.5 Å². The van der Waals surface area contributed by atoms with Gasteiger partial charge in [-0.1, -0.05) is 0 Å². The van der Waals surface area contributed by atoms with Crippen LogP contribution < -0.4 is 5.32 Å². The van der Waals surface area contributed by atoms with Gasteiger partial charge in [-0.05, 0) is 6.92 Å². The smallest absolute Gasteiger partial charge is 0.250 e. The van der Waals surface area contributed by atoms with E-state index in [1.54, 1.807) is 10.9 Å². The summed E-state index contributed by atoms with van der Waals surface area (Å²) >= 11 is 0. The fourth-order valence-corrected chi connectivity index (χ4v) is 0.996. The van der Waals surface area contributed by atoms with Gasteiger partial charge in [-0.3, -0.25) is 4.68 Å². The molecular formula is C8H13F2N3. The van der Waals surface area contributed by atoms with E-state index in [9.17, 15) is 8.78 Å². The summed E-state index contributed by atoms with van der Waals surface area (Å²) in [7, 11) is 0. The minimum absolute atomic E-state index is 0.267. The maximum Gasteiger partial charge on any atom is 0.250 e. The van der Waals surface area contributed by atoms with Crippen LogP contribution in [0.2, 0.25) is 0 Å². The number of aryl methyl sites for hydroxylation is 1. The zero-order chi connectivity index (χ0) is 9.68. The molecule has 0 saturated heterocycles. The molecule has 1 aromatic rings. The van der Waals surface area contributed by atoms with E-state index in [0.717, 1.165) is 12.1 Å². The predicted molar refractivity (Wildman–Crippen MR) is 45.6 cm³/mol. The predicted octanol–water partition coefficient (Wildman–Crippen LogP) is 1.26. The quantitative estimate of drug-likeness (QED) is 0.755. The first kappa shape index (κ1) is 10.1. The van der Waals surface area contributed by atoms with Crippen molar-refractivity contribution in [3.63, 3.8) is 0 Å². The Bertz CT molecular complexity index is 247. The van der Waals surface area contributed by atoms with Crippen LogP contribution >= 0.6 is 0 Å². The molecule has 1 N–H and O–H groups in total. The molecule has 0 unspecified atom stereocenters. The third-order valence-corrected chi connectivity index (χ3v) is 1.64. The van der Waals surface area contributed by atoms with Gasteiger partial charge in [0.25, 0.3) is 6.43 Å². The summed E-state index contributed by atoms with van der Waals surface area (Å²) in [5.41, 5.74) is 0.933. The molecule has 0 aliphatic carbocycles. The van der Waals surface area contributed by atoms with Crippen LogP contribution in [0.15, 0.2) is 12.4 Å². The van der Waals surface area contributed by atoms with E-state index in [0.29, 0.717) is 6.54 Å². The fraction of sp³-hybridized carbons (Fsp3) is 0.625. The van der Waals surface area contributed by atoms with Crippen molar-refractivity contribution in [1.29, 1.82) is 0 Å². The van der Waals surface area contributed by atoms with Crippen LogP contribution in [-0.2, 0) is 13.1 Å². The number of halogens is 2. The van der Waals surface area contributed by atoms with Crippen LogP contribution in [0.25, 0.3) is 0 Å². The molecular weight excluding hydrogens is 176 g/mol. The largest absolute Gasteiger partial charge is 0.307 e. The molecule has 0 aliphatic rings. The number of hydrogen-bond donors (Lipinski definition) is 1. The summed E-state index contributed by atoms with van der Waals surface area (Å²) in [5.74, 6) is 0. The van der Waals surface area contributed by atoms with Crippen molar-refractivity contribution in [3.05, 3.63) is 18.0 Å². The highest BCUT2D eigenvalue weighted by Gasteiger charge is 2.01. The number of nitrogens with zero attached hydrogens (tertiary/aromatic N) is 2. The first-order valence-corrected chi connectivity index (χ1v) is 4.22. The lowest BCUT2D eigenvalue weighted by molar-refractivity contribution is 0.145. The van der Waals surface area contributed by atoms with E-state index >= 15 is 0 Å². The van der Waals surface area contributed by atoms with E-state index in [2.05, 4.69) is 10.4 Å². The fourth-order valence-electron chi connectivity index (χ4n) is 0.996. The van der Waals surface area contributed by atoms with Gasteiger partial charge in [0.15, 0.2) is 0 Å². The van der Waals surface area contributed by atoms with E-state index in [4.69, 9.17) is 0 Å². The Morgan fingerprint density at radius 3 is 2.92 bits per heavy atom. The summed E-state index contributed by atoms with van der Waals surface area (Å²) in [4.78, 5) is 0. The van der Waals surface area contributed by atoms with Crippen LogP contribution in [0.5, 0.6) is 0 Å². The molecule has 3 nitrogen and oxygen atoms in total.